The van der Waals surface area contributed by atoms with Gasteiger partial charge < -0.3 is 4.57 Å². The van der Waals surface area contributed by atoms with Crippen LogP contribution in [-0.4, -0.2) is 20.4 Å². The second-order valence-corrected chi connectivity index (χ2v) is 7.15. The van der Waals surface area contributed by atoms with E-state index in [2.05, 4.69) is 29.1 Å². The second-order valence-electron chi connectivity index (χ2n) is 5.95. The van der Waals surface area contributed by atoms with E-state index in [9.17, 15) is 4.79 Å². The summed E-state index contributed by atoms with van der Waals surface area (Å²) in [5, 5.41) is 3.57. The van der Waals surface area contributed by atoms with Crippen molar-refractivity contribution in [3.8, 4) is 0 Å². The molecule has 3 heterocycles. The van der Waals surface area contributed by atoms with Crippen molar-refractivity contribution in [2.24, 2.45) is 0 Å². The van der Waals surface area contributed by atoms with Gasteiger partial charge in [0.15, 0.2) is 5.13 Å². The summed E-state index contributed by atoms with van der Waals surface area (Å²) in [4.78, 5) is 22.3. The van der Waals surface area contributed by atoms with E-state index in [-0.39, 0.29) is 5.91 Å². The molecular formula is C18H20N4OS. The molecule has 0 aliphatic carbocycles. The molecule has 3 aromatic rings. The SMILES string of the molecule is Cc1sc(NC(=O)c2cccn2Cc2ccncc2)nc1C(C)C. The van der Waals surface area contributed by atoms with Crippen molar-refractivity contribution in [1.29, 1.82) is 0 Å². The number of carbonyl (C=O) groups is 1. The number of anilines is 1. The molecule has 124 valence electrons. The third-order valence-corrected chi connectivity index (χ3v) is 4.67. The molecule has 0 aliphatic heterocycles. The predicted molar refractivity (Wildman–Crippen MR) is 96.7 cm³/mol. The minimum absolute atomic E-state index is 0.141. The molecule has 0 fully saturated rings. The smallest absolute Gasteiger partial charge is 0.274 e. The highest BCUT2D eigenvalue weighted by molar-refractivity contribution is 7.15. The van der Waals surface area contributed by atoms with Crippen molar-refractivity contribution in [2.75, 3.05) is 5.32 Å². The number of hydrogen-bond acceptors (Lipinski definition) is 4. The molecule has 3 rings (SSSR count). The van der Waals surface area contributed by atoms with Crippen LogP contribution in [0.3, 0.4) is 0 Å². The van der Waals surface area contributed by atoms with Gasteiger partial charge in [-0.15, -0.1) is 11.3 Å². The normalized spacial score (nSPS) is 11.0. The first-order valence-corrected chi connectivity index (χ1v) is 8.69. The summed E-state index contributed by atoms with van der Waals surface area (Å²) < 4.78 is 1.93. The van der Waals surface area contributed by atoms with Gasteiger partial charge in [-0.25, -0.2) is 4.98 Å². The summed E-state index contributed by atoms with van der Waals surface area (Å²) in [6, 6.07) is 7.59. The van der Waals surface area contributed by atoms with Crippen LogP contribution >= 0.6 is 11.3 Å². The highest BCUT2D eigenvalue weighted by Crippen LogP contribution is 2.27. The lowest BCUT2D eigenvalue weighted by atomic mass is 10.1. The molecule has 5 nitrogen and oxygen atoms in total. The first-order valence-electron chi connectivity index (χ1n) is 7.87. The Labute approximate surface area is 145 Å². The topological polar surface area (TPSA) is 59.8 Å². The first kappa shape index (κ1) is 16.4. The van der Waals surface area contributed by atoms with Crippen molar-refractivity contribution in [2.45, 2.75) is 33.2 Å². The van der Waals surface area contributed by atoms with Gasteiger partial charge in [0.25, 0.3) is 5.91 Å². The molecular weight excluding hydrogens is 320 g/mol. The van der Waals surface area contributed by atoms with E-state index in [1.54, 1.807) is 12.4 Å². The molecule has 0 atom stereocenters. The summed E-state index contributed by atoms with van der Waals surface area (Å²) in [6.45, 7) is 6.88. The molecule has 0 spiro atoms. The monoisotopic (exact) mass is 340 g/mol. The average molecular weight is 340 g/mol. The summed E-state index contributed by atoms with van der Waals surface area (Å²) in [5.74, 6) is 0.209. The van der Waals surface area contributed by atoms with Crippen molar-refractivity contribution in [1.82, 2.24) is 14.5 Å². The average Bonchev–Trinajstić information content (AvgIpc) is 3.15. The number of nitrogens with zero attached hydrogens (tertiary/aromatic N) is 3. The fraction of sp³-hybridized carbons (Fsp3) is 0.278. The maximum Gasteiger partial charge on any atom is 0.274 e. The van der Waals surface area contributed by atoms with Gasteiger partial charge in [-0.1, -0.05) is 13.8 Å². The Bertz CT molecular complexity index is 836. The molecule has 3 aromatic heterocycles. The zero-order valence-corrected chi connectivity index (χ0v) is 14.8. The van der Waals surface area contributed by atoms with Crippen molar-refractivity contribution < 1.29 is 4.79 Å². The Morgan fingerprint density at radius 2 is 2.04 bits per heavy atom. The zero-order valence-electron chi connectivity index (χ0n) is 14.0. The quantitative estimate of drug-likeness (QED) is 0.761. The molecule has 0 aromatic carbocycles. The molecule has 1 amide bonds. The molecule has 0 bridgehead atoms. The van der Waals surface area contributed by atoms with Crippen LogP contribution in [-0.2, 0) is 6.54 Å². The highest BCUT2D eigenvalue weighted by atomic mass is 32.1. The molecule has 1 N–H and O–H groups in total. The van der Waals surface area contributed by atoms with E-state index in [0.717, 1.165) is 16.1 Å². The van der Waals surface area contributed by atoms with Crippen LogP contribution in [0.4, 0.5) is 5.13 Å². The van der Waals surface area contributed by atoms with E-state index < -0.39 is 0 Å². The van der Waals surface area contributed by atoms with Gasteiger partial charge >= 0.3 is 0 Å². The van der Waals surface area contributed by atoms with E-state index >= 15 is 0 Å². The maximum absolute atomic E-state index is 12.6. The minimum atomic E-state index is -0.141. The number of amides is 1. The summed E-state index contributed by atoms with van der Waals surface area (Å²) >= 11 is 1.52. The molecule has 0 aliphatic rings. The fourth-order valence-electron chi connectivity index (χ4n) is 2.60. The third-order valence-electron chi connectivity index (χ3n) is 3.76. The van der Waals surface area contributed by atoms with Crippen LogP contribution in [0.5, 0.6) is 0 Å². The number of hydrogen-bond donors (Lipinski definition) is 1. The number of pyridine rings is 1. The van der Waals surface area contributed by atoms with Crippen molar-refractivity contribution in [3.05, 3.63) is 64.7 Å². The van der Waals surface area contributed by atoms with Crippen molar-refractivity contribution in [3.63, 3.8) is 0 Å². The van der Waals surface area contributed by atoms with Crippen LogP contribution in [0.1, 0.15) is 46.4 Å². The van der Waals surface area contributed by atoms with Crippen LogP contribution < -0.4 is 5.32 Å². The van der Waals surface area contributed by atoms with Crippen LogP contribution in [0.25, 0.3) is 0 Å². The predicted octanol–water partition coefficient (Wildman–Crippen LogP) is 4.07. The Morgan fingerprint density at radius 1 is 1.29 bits per heavy atom. The number of aryl methyl sites for hydroxylation is 1. The summed E-state index contributed by atoms with van der Waals surface area (Å²) in [6.07, 6.45) is 5.41. The Kier molecular flexibility index (Phi) is 4.76. The third kappa shape index (κ3) is 3.54. The van der Waals surface area contributed by atoms with Crippen LogP contribution in [0, 0.1) is 6.92 Å². The van der Waals surface area contributed by atoms with Crippen LogP contribution in [0.15, 0.2) is 42.9 Å². The van der Waals surface area contributed by atoms with Crippen LogP contribution in [0.2, 0.25) is 0 Å². The molecule has 0 saturated heterocycles. The number of aromatic nitrogens is 3. The fourth-order valence-corrected chi connectivity index (χ4v) is 3.57. The minimum Gasteiger partial charge on any atom is -0.339 e. The lowest BCUT2D eigenvalue weighted by Crippen LogP contribution is -2.17. The van der Waals surface area contributed by atoms with Gasteiger partial charge in [-0.05, 0) is 42.7 Å². The Balaban J connectivity index is 1.77. The summed E-state index contributed by atoms with van der Waals surface area (Å²) in [7, 11) is 0. The van der Waals surface area contributed by atoms with Gasteiger partial charge in [0.05, 0.1) is 5.69 Å². The molecule has 6 heteroatoms. The molecule has 0 radical (unpaired) electrons. The second kappa shape index (κ2) is 6.97. The lowest BCUT2D eigenvalue weighted by Gasteiger charge is -2.08. The number of rotatable bonds is 5. The largest absolute Gasteiger partial charge is 0.339 e. The summed E-state index contributed by atoms with van der Waals surface area (Å²) in [5.41, 5.74) is 2.76. The van der Waals surface area contributed by atoms with Gasteiger partial charge in [-0.3, -0.25) is 15.1 Å². The van der Waals surface area contributed by atoms with E-state index in [1.165, 1.54) is 11.3 Å². The maximum atomic E-state index is 12.6. The van der Waals surface area contributed by atoms with Gasteiger partial charge in [0, 0.05) is 30.0 Å². The molecule has 0 unspecified atom stereocenters. The molecule has 0 saturated carbocycles. The first-order chi connectivity index (χ1) is 11.5. The Morgan fingerprint density at radius 3 is 2.71 bits per heavy atom. The van der Waals surface area contributed by atoms with Gasteiger partial charge in [-0.2, -0.15) is 0 Å². The molecule has 24 heavy (non-hydrogen) atoms. The number of thiazole rings is 1. The van der Waals surface area contributed by atoms with E-state index in [1.807, 2.05) is 42.0 Å². The number of carbonyl (C=O) groups excluding carboxylic acids is 1. The Hall–Kier alpha value is -2.47. The van der Waals surface area contributed by atoms with Gasteiger partial charge in [0.2, 0.25) is 0 Å². The van der Waals surface area contributed by atoms with E-state index in [4.69, 9.17) is 0 Å². The van der Waals surface area contributed by atoms with E-state index in [0.29, 0.717) is 23.3 Å². The van der Waals surface area contributed by atoms with Gasteiger partial charge in [0.1, 0.15) is 5.69 Å². The van der Waals surface area contributed by atoms with Crippen molar-refractivity contribution >= 4 is 22.4 Å². The number of nitrogens with one attached hydrogen (secondary N) is 1. The highest BCUT2D eigenvalue weighted by Gasteiger charge is 2.16. The lowest BCUT2D eigenvalue weighted by molar-refractivity contribution is 0.101. The standard InChI is InChI=1S/C18H20N4OS/c1-12(2)16-13(3)24-18(20-16)21-17(23)15-5-4-10-22(15)11-14-6-8-19-9-7-14/h4-10,12H,11H2,1-3H3,(H,20,21,23). The zero-order chi connectivity index (χ0) is 17.1.